The Labute approximate surface area is 107 Å². The molecular formula is C10H18N2O5S. The maximum Gasteiger partial charge on any atom is 0.331 e. The molecule has 2 N–H and O–H groups in total. The highest BCUT2D eigenvalue weighted by atomic mass is 32.2. The molecule has 0 fully saturated rings. The summed E-state index contributed by atoms with van der Waals surface area (Å²) in [6, 6.07) is 0. The Kier molecular flexibility index (Phi) is 5.99. The van der Waals surface area contributed by atoms with E-state index in [9.17, 15) is 18.0 Å². The third kappa shape index (κ3) is 4.84. The first-order valence-corrected chi connectivity index (χ1v) is 6.79. The summed E-state index contributed by atoms with van der Waals surface area (Å²) in [5.74, 6) is -1.99. The molecule has 0 saturated heterocycles. The summed E-state index contributed by atoms with van der Waals surface area (Å²) in [5.41, 5.74) is -0.00674. The van der Waals surface area contributed by atoms with Crippen molar-refractivity contribution >= 4 is 21.9 Å². The molecule has 0 aromatic carbocycles. The monoisotopic (exact) mass is 278 g/mol. The molecule has 0 aliphatic rings. The fraction of sp³-hybridized carbons (Fsp3) is 0.600. The fourth-order valence-electron chi connectivity index (χ4n) is 0.939. The van der Waals surface area contributed by atoms with Crippen molar-refractivity contribution in [3.63, 3.8) is 0 Å². The molecule has 0 aliphatic carbocycles. The topological polar surface area (TPSA) is 104 Å². The van der Waals surface area contributed by atoms with E-state index in [1.54, 1.807) is 0 Å². The van der Waals surface area contributed by atoms with Gasteiger partial charge in [0.15, 0.2) is 0 Å². The molecule has 0 aliphatic heterocycles. The number of rotatable bonds is 6. The molecule has 0 saturated carbocycles. The van der Waals surface area contributed by atoms with Crippen LogP contribution in [0.3, 0.4) is 0 Å². The zero-order chi connectivity index (χ0) is 14.5. The van der Waals surface area contributed by atoms with E-state index in [1.807, 2.05) is 0 Å². The van der Waals surface area contributed by atoms with Crippen molar-refractivity contribution in [2.75, 3.05) is 26.4 Å². The summed E-state index contributed by atoms with van der Waals surface area (Å²) in [6.45, 7) is 2.62. The zero-order valence-corrected chi connectivity index (χ0v) is 11.7. The normalized spacial score (nSPS) is 13.2. The second-order valence-corrected chi connectivity index (χ2v) is 6.21. The van der Waals surface area contributed by atoms with Crippen molar-refractivity contribution in [2.45, 2.75) is 13.8 Å². The summed E-state index contributed by atoms with van der Waals surface area (Å²) in [4.78, 5) is 22.1. The number of nitrogens with zero attached hydrogens (tertiary/aromatic N) is 1. The van der Waals surface area contributed by atoms with E-state index < -0.39 is 21.9 Å². The van der Waals surface area contributed by atoms with Crippen LogP contribution >= 0.6 is 0 Å². The molecule has 0 bridgehead atoms. The molecule has 0 aromatic heterocycles. The van der Waals surface area contributed by atoms with Gasteiger partial charge in [-0.25, -0.2) is 17.5 Å². The average molecular weight is 278 g/mol. The van der Waals surface area contributed by atoms with Crippen LogP contribution in [0.2, 0.25) is 0 Å². The predicted octanol–water partition coefficient (Wildman–Crippen LogP) is -0.585. The number of carboxylic acids is 1. The van der Waals surface area contributed by atoms with Gasteiger partial charge in [0, 0.05) is 31.8 Å². The fourth-order valence-corrected chi connectivity index (χ4v) is 1.66. The Morgan fingerprint density at radius 3 is 2.06 bits per heavy atom. The molecule has 0 spiro atoms. The van der Waals surface area contributed by atoms with E-state index in [0.717, 1.165) is 4.31 Å². The van der Waals surface area contributed by atoms with Gasteiger partial charge in [-0.1, -0.05) is 0 Å². The van der Waals surface area contributed by atoms with Crippen molar-refractivity contribution in [2.24, 2.45) is 0 Å². The molecular weight excluding hydrogens is 260 g/mol. The highest BCUT2D eigenvalue weighted by Crippen LogP contribution is 2.03. The lowest BCUT2D eigenvalue weighted by Crippen LogP contribution is -2.34. The predicted molar refractivity (Wildman–Crippen MR) is 66.5 cm³/mol. The first kappa shape index (κ1) is 16.6. The number of aliphatic carboxylic acids is 1. The van der Waals surface area contributed by atoms with Crippen LogP contribution in [0.5, 0.6) is 0 Å². The third-order valence-electron chi connectivity index (χ3n) is 2.43. The molecule has 0 rings (SSSR count). The lowest BCUT2D eigenvalue weighted by atomic mass is 10.1. The molecule has 104 valence electrons. The van der Waals surface area contributed by atoms with Crippen molar-refractivity contribution in [3.8, 4) is 0 Å². The molecule has 0 radical (unpaired) electrons. The minimum atomic E-state index is -3.37. The van der Waals surface area contributed by atoms with Gasteiger partial charge in [0.25, 0.3) is 0 Å². The van der Waals surface area contributed by atoms with Crippen molar-refractivity contribution in [1.82, 2.24) is 9.62 Å². The van der Waals surface area contributed by atoms with Crippen LogP contribution in [0, 0.1) is 0 Å². The smallest absolute Gasteiger partial charge is 0.331 e. The minimum Gasteiger partial charge on any atom is -0.478 e. The zero-order valence-electron chi connectivity index (χ0n) is 10.8. The second-order valence-electron chi connectivity index (χ2n) is 3.91. The molecule has 18 heavy (non-hydrogen) atoms. The van der Waals surface area contributed by atoms with Crippen LogP contribution in [-0.4, -0.2) is 56.1 Å². The number of carbonyl (C=O) groups is 2. The van der Waals surface area contributed by atoms with Gasteiger partial charge in [0.05, 0.1) is 5.75 Å². The highest BCUT2D eigenvalue weighted by Gasteiger charge is 2.15. The Hall–Kier alpha value is -1.41. The van der Waals surface area contributed by atoms with Gasteiger partial charge in [-0.2, -0.15) is 0 Å². The van der Waals surface area contributed by atoms with Gasteiger partial charge in [-0.15, -0.1) is 0 Å². The first-order chi connectivity index (χ1) is 8.09. The standard InChI is InChI=1S/C10H18N2O5S/c1-7(8(2)10(14)15)9(13)11-5-6-18(16,17)12(3)4/h5-6H2,1-4H3,(H,11,13)(H,14,15). The SMILES string of the molecule is CC(C(=O)O)=C(C)C(=O)NCCS(=O)(=O)N(C)C. The van der Waals surface area contributed by atoms with E-state index in [1.165, 1.54) is 27.9 Å². The molecule has 0 aromatic rings. The second kappa shape index (κ2) is 6.50. The van der Waals surface area contributed by atoms with Crippen LogP contribution in [0.4, 0.5) is 0 Å². The number of nitrogens with one attached hydrogen (secondary N) is 1. The van der Waals surface area contributed by atoms with Crippen LogP contribution in [0.15, 0.2) is 11.1 Å². The summed E-state index contributed by atoms with van der Waals surface area (Å²) in [6.07, 6.45) is 0. The van der Waals surface area contributed by atoms with E-state index in [-0.39, 0.29) is 23.4 Å². The van der Waals surface area contributed by atoms with Crippen molar-refractivity contribution in [1.29, 1.82) is 0 Å². The Morgan fingerprint density at radius 1 is 1.17 bits per heavy atom. The van der Waals surface area contributed by atoms with E-state index in [4.69, 9.17) is 5.11 Å². The van der Waals surface area contributed by atoms with Gasteiger partial charge in [-0.05, 0) is 13.8 Å². The number of carbonyl (C=O) groups excluding carboxylic acids is 1. The average Bonchev–Trinajstić information content (AvgIpc) is 2.26. The molecule has 8 heteroatoms. The maximum atomic E-state index is 11.5. The first-order valence-electron chi connectivity index (χ1n) is 5.18. The number of carboxylic acid groups (broad SMARTS) is 1. The highest BCUT2D eigenvalue weighted by molar-refractivity contribution is 7.89. The number of hydrogen-bond acceptors (Lipinski definition) is 4. The molecule has 1 amide bonds. The van der Waals surface area contributed by atoms with Gasteiger partial charge in [-0.3, -0.25) is 4.79 Å². The molecule has 0 unspecified atom stereocenters. The van der Waals surface area contributed by atoms with E-state index >= 15 is 0 Å². The summed E-state index contributed by atoms with van der Waals surface area (Å²) in [5, 5.41) is 11.1. The Bertz CT molecular complexity index is 465. The summed E-state index contributed by atoms with van der Waals surface area (Å²) < 4.78 is 23.8. The van der Waals surface area contributed by atoms with E-state index in [0.29, 0.717) is 0 Å². The van der Waals surface area contributed by atoms with Crippen molar-refractivity contribution < 1.29 is 23.1 Å². The maximum absolute atomic E-state index is 11.5. The quantitative estimate of drug-likeness (QED) is 0.632. The molecule has 0 heterocycles. The van der Waals surface area contributed by atoms with E-state index in [2.05, 4.69) is 5.32 Å². The van der Waals surface area contributed by atoms with Crippen LogP contribution < -0.4 is 5.32 Å². The van der Waals surface area contributed by atoms with Gasteiger partial charge in [0.1, 0.15) is 0 Å². The summed E-state index contributed by atoms with van der Waals surface area (Å²) in [7, 11) is -0.571. The minimum absolute atomic E-state index is 0.0600. The summed E-state index contributed by atoms with van der Waals surface area (Å²) >= 11 is 0. The van der Waals surface area contributed by atoms with Crippen LogP contribution in [0.25, 0.3) is 0 Å². The number of sulfonamides is 1. The van der Waals surface area contributed by atoms with Crippen molar-refractivity contribution in [3.05, 3.63) is 11.1 Å². The molecule has 7 nitrogen and oxygen atoms in total. The van der Waals surface area contributed by atoms with Crippen LogP contribution in [0.1, 0.15) is 13.8 Å². The number of hydrogen-bond donors (Lipinski definition) is 2. The third-order valence-corrected chi connectivity index (χ3v) is 4.26. The van der Waals surface area contributed by atoms with Crippen LogP contribution in [-0.2, 0) is 19.6 Å². The Morgan fingerprint density at radius 2 is 1.67 bits per heavy atom. The number of amides is 1. The Balaban J connectivity index is 4.47. The van der Waals surface area contributed by atoms with Gasteiger partial charge >= 0.3 is 5.97 Å². The lowest BCUT2D eigenvalue weighted by molar-refractivity contribution is -0.133. The largest absolute Gasteiger partial charge is 0.478 e. The molecule has 0 atom stereocenters. The lowest BCUT2D eigenvalue weighted by Gasteiger charge is -2.12. The van der Waals surface area contributed by atoms with Gasteiger partial charge < -0.3 is 10.4 Å². The van der Waals surface area contributed by atoms with Gasteiger partial charge in [0.2, 0.25) is 15.9 Å².